The van der Waals surface area contributed by atoms with Gasteiger partial charge in [0.1, 0.15) is 6.10 Å². The molecule has 2 atom stereocenters. The van der Waals surface area contributed by atoms with Crippen LogP contribution in [0, 0.1) is 10.1 Å². The van der Waals surface area contributed by atoms with Crippen LogP contribution in [0.25, 0.3) is 0 Å². The molecule has 2 rings (SSSR count). The van der Waals surface area contributed by atoms with Crippen molar-refractivity contribution in [2.24, 2.45) is 5.73 Å². The zero-order valence-corrected chi connectivity index (χ0v) is 9.89. The highest BCUT2D eigenvalue weighted by atomic mass is 35.5. The highest BCUT2D eigenvalue weighted by Crippen LogP contribution is 2.33. The van der Waals surface area contributed by atoms with E-state index in [1.807, 2.05) is 0 Å². The van der Waals surface area contributed by atoms with E-state index < -0.39 is 4.92 Å². The molecule has 1 aromatic rings. The van der Waals surface area contributed by atoms with Gasteiger partial charge in [-0.15, -0.1) is 0 Å². The monoisotopic (exact) mass is 256 g/mol. The topological polar surface area (TPSA) is 78.4 Å². The molecule has 17 heavy (non-hydrogen) atoms. The van der Waals surface area contributed by atoms with Gasteiger partial charge in [-0.05, 0) is 31.4 Å². The standard InChI is InChI=1S/C11H13ClN2O3/c12-7-4-5-11(9(6-7)14(15)16)17-10-3-1-2-8(10)13/h4-6,8,10H,1-3,13H2. The summed E-state index contributed by atoms with van der Waals surface area (Å²) < 4.78 is 5.61. The van der Waals surface area contributed by atoms with Gasteiger partial charge in [0.05, 0.1) is 4.92 Å². The maximum atomic E-state index is 10.9. The first-order valence-electron chi connectivity index (χ1n) is 5.44. The van der Waals surface area contributed by atoms with Gasteiger partial charge in [-0.2, -0.15) is 0 Å². The molecule has 0 heterocycles. The van der Waals surface area contributed by atoms with Gasteiger partial charge < -0.3 is 10.5 Å². The third-order valence-corrected chi connectivity index (χ3v) is 3.13. The molecule has 2 N–H and O–H groups in total. The van der Waals surface area contributed by atoms with Crippen molar-refractivity contribution >= 4 is 17.3 Å². The molecule has 0 aromatic heterocycles. The predicted molar refractivity (Wildman–Crippen MR) is 64.3 cm³/mol. The minimum absolute atomic E-state index is 0.0507. The van der Waals surface area contributed by atoms with Crippen LogP contribution in [0.1, 0.15) is 19.3 Å². The average Bonchev–Trinajstić information content (AvgIpc) is 2.67. The van der Waals surface area contributed by atoms with Crippen molar-refractivity contribution in [1.82, 2.24) is 0 Å². The van der Waals surface area contributed by atoms with Crippen molar-refractivity contribution in [1.29, 1.82) is 0 Å². The quantitative estimate of drug-likeness (QED) is 0.666. The number of hydrogen-bond donors (Lipinski definition) is 1. The number of ether oxygens (including phenoxy) is 1. The summed E-state index contributed by atoms with van der Waals surface area (Å²) in [5, 5.41) is 11.2. The summed E-state index contributed by atoms with van der Waals surface area (Å²) in [6.45, 7) is 0. The van der Waals surface area contributed by atoms with E-state index in [0.717, 1.165) is 19.3 Å². The fraction of sp³-hybridized carbons (Fsp3) is 0.455. The van der Waals surface area contributed by atoms with Gasteiger partial charge in [0, 0.05) is 17.1 Å². The molecule has 1 fully saturated rings. The number of nitro benzene ring substituents is 1. The Balaban J connectivity index is 2.22. The van der Waals surface area contributed by atoms with E-state index in [9.17, 15) is 10.1 Å². The largest absolute Gasteiger partial charge is 0.482 e. The molecule has 0 aliphatic heterocycles. The highest BCUT2D eigenvalue weighted by Gasteiger charge is 2.28. The Morgan fingerprint density at radius 2 is 2.24 bits per heavy atom. The predicted octanol–water partition coefficient (Wildman–Crippen LogP) is 2.51. The Labute approximate surface area is 104 Å². The maximum absolute atomic E-state index is 10.9. The van der Waals surface area contributed by atoms with Crippen LogP contribution in [0.5, 0.6) is 5.75 Å². The maximum Gasteiger partial charge on any atom is 0.312 e. The van der Waals surface area contributed by atoms with Crippen molar-refractivity contribution < 1.29 is 9.66 Å². The second-order valence-corrected chi connectivity index (χ2v) is 4.56. The molecule has 0 bridgehead atoms. The molecule has 1 aliphatic rings. The molecule has 0 amide bonds. The third kappa shape index (κ3) is 2.68. The molecule has 1 saturated carbocycles. The minimum Gasteiger partial charge on any atom is -0.482 e. The van der Waals surface area contributed by atoms with Gasteiger partial charge in [0.25, 0.3) is 0 Å². The first-order valence-corrected chi connectivity index (χ1v) is 5.82. The smallest absolute Gasteiger partial charge is 0.312 e. The van der Waals surface area contributed by atoms with Gasteiger partial charge in [-0.1, -0.05) is 11.6 Å². The van der Waals surface area contributed by atoms with E-state index in [2.05, 4.69) is 0 Å². The van der Waals surface area contributed by atoms with Crippen LogP contribution in [0.3, 0.4) is 0 Å². The fourth-order valence-corrected chi connectivity index (χ4v) is 2.16. The zero-order chi connectivity index (χ0) is 12.4. The fourth-order valence-electron chi connectivity index (χ4n) is 2.00. The Hall–Kier alpha value is -1.33. The number of hydrogen-bond acceptors (Lipinski definition) is 4. The van der Waals surface area contributed by atoms with Crippen molar-refractivity contribution in [3.05, 3.63) is 33.3 Å². The van der Waals surface area contributed by atoms with Gasteiger partial charge in [0.15, 0.2) is 5.75 Å². The summed E-state index contributed by atoms with van der Waals surface area (Å²) in [6.07, 6.45) is 2.58. The van der Waals surface area contributed by atoms with Gasteiger partial charge in [0.2, 0.25) is 0 Å². The lowest BCUT2D eigenvalue weighted by atomic mass is 10.2. The molecule has 0 spiro atoms. The summed E-state index contributed by atoms with van der Waals surface area (Å²) in [7, 11) is 0. The number of nitrogens with two attached hydrogens (primary N) is 1. The molecule has 1 aromatic carbocycles. The van der Waals surface area contributed by atoms with E-state index in [4.69, 9.17) is 22.1 Å². The Morgan fingerprint density at radius 3 is 2.82 bits per heavy atom. The second kappa shape index (κ2) is 4.89. The number of nitrogens with zero attached hydrogens (tertiary/aromatic N) is 1. The van der Waals surface area contributed by atoms with Gasteiger partial charge in [-0.25, -0.2) is 0 Å². The van der Waals surface area contributed by atoms with Crippen molar-refractivity contribution in [2.75, 3.05) is 0 Å². The molecule has 0 saturated heterocycles. The first kappa shape index (κ1) is 12.1. The van der Waals surface area contributed by atoms with Gasteiger partial charge >= 0.3 is 5.69 Å². The van der Waals surface area contributed by atoms with Crippen molar-refractivity contribution in [2.45, 2.75) is 31.4 Å². The van der Waals surface area contributed by atoms with Crippen LogP contribution in [0.15, 0.2) is 18.2 Å². The normalized spacial score (nSPS) is 23.6. The van der Waals surface area contributed by atoms with Crippen molar-refractivity contribution in [3.63, 3.8) is 0 Å². The lowest BCUT2D eigenvalue weighted by Gasteiger charge is -2.17. The summed E-state index contributed by atoms with van der Waals surface area (Å²) in [5.41, 5.74) is 5.75. The molecule has 92 valence electrons. The number of benzene rings is 1. The van der Waals surface area contributed by atoms with E-state index in [-0.39, 0.29) is 23.6 Å². The van der Waals surface area contributed by atoms with Crippen LogP contribution >= 0.6 is 11.6 Å². The summed E-state index contributed by atoms with van der Waals surface area (Å²) in [4.78, 5) is 10.4. The number of rotatable bonds is 3. The van der Waals surface area contributed by atoms with Crippen LogP contribution in [0.4, 0.5) is 5.69 Å². The van der Waals surface area contributed by atoms with Crippen LogP contribution in [0.2, 0.25) is 5.02 Å². The summed E-state index contributed by atoms with van der Waals surface area (Å²) in [5.74, 6) is 0.238. The third-order valence-electron chi connectivity index (χ3n) is 2.90. The van der Waals surface area contributed by atoms with Crippen LogP contribution in [-0.4, -0.2) is 17.1 Å². The molecule has 2 unspecified atom stereocenters. The van der Waals surface area contributed by atoms with E-state index in [1.54, 1.807) is 6.07 Å². The average molecular weight is 257 g/mol. The molecule has 1 aliphatic carbocycles. The van der Waals surface area contributed by atoms with Crippen LogP contribution < -0.4 is 10.5 Å². The Bertz CT molecular complexity index is 439. The molecule has 6 heteroatoms. The van der Waals surface area contributed by atoms with E-state index >= 15 is 0 Å². The van der Waals surface area contributed by atoms with E-state index in [0.29, 0.717) is 5.02 Å². The molecular formula is C11H13ClN2O3. The minimum atomic E-state index is -0.498. The summed E-state index contributed by atoms with van der Waals surface area (Å²) in [6, 6.07) is 4.33. The Morgan fingerprint density at radius 1 is 1.47 bits per heavy atom. The van der Waals surface area contributed by atoms with E-state index in [1.165, 1.54) is 12.1 Å². The second-order valence-electron chi connectivity index (χ2n) is 4.12. The SMILES string of the molecule is NC1CCCC1Oc1ccc(Cl)cc1[N+](=O)[O-]. The lowest BCUT2D eigenvalue weighted by molar-refractivity contribution is -0.386. The molecule has 0 radical (unpaired) electrons. The first-order chi connectivity index (χ1) is 8.08. The number of nitro groups is 1. The molecule has 5 nitrogen and oxygen atoms in total. The van der Waals surface area contributed by atoms with Crippen molar-refractivity contribution in [3.8, 4) is 5.75 Å². The number of halogens is 1. The lowest BCUT2D eigenvalue weighted by Crippen LogP contribution is -2.33. The summed E-state index contributed by atoms with van der Waals surface area (Å²) >= 11 is 5.72. The zero-order valence-electron chi connectivity index (χ0n) is 9.14. The Kier molecular flexibility index (Phi) is 3.49. The highest BCUT2D eigenvalue weighted by molar-refractivity contribution is 6.30. The molecular weight excluding hydrogens is 244 g/mol. The van der Waals surface area contributed by atoms with Gasteiger partial charge in [-0.3, -0.25) is 10.1 Å². The van der Waals surface area contributed by atoms with Crippen LogP contribution in [-0.2, 0) is 0 Å².